The van der Waals surface area contributed by atoms with Crippen LogP contribution in [0, 0.1) is 0 Å². The van der Waals surface area contributed by atoms with E-state index in [0.29, 0.717) is 10.9 Å². The zero-order chi connectivity index (χ0) is 12.3. The van der Waals surface area contributed by atoms with Gasteiger partial charge in [-0.3, -0.25) is 0 Å². The third kappa shape index (κ3) is 2.54. The summed E-state index contributed by atoms with van der Waals surface area (Å²) >= 11 is 0. The van der Waals surface area contributed by atoms with Crippen LogP contribution in [0.15, 0.2) is 38.6 Å². The molecule has 0 atom stereocenters. The van der Waals surface area contributed by atoms with Crippen molar-refractivity contribution in [2.45, 2.75) is 6.92 Å². The van der Waals surface area contributed by atoms with Crippen LogP contribution in [0.3, 0.4) is 0 Å². The summed E-state index contributed by atoms with van der Waals surface area (Å²) in [6.07, 6.45) is 1.06. The number of fused-ring (bicyclic) bond motifs is 1. The first-order valence-electron chi connectivity index (χ1n) is 4.77. The lowest BCUT2D eigenvalue weighted by Gasteiger charge is -1.95. The molecule has 0 amide bonds. The highest BCUT2D eigenvalue weighted by Crippen LogP contribution is 2.06. The molecule has 0 radical (unpaired) electrons. The zero-order valence-corrected chi connectivity index (χ0v) is 8.91. The van der Waals surface area contributed by atoms with Gasteiger partial charge in [-0.25, -0.2) is 14.6 Å². The molecular weight excluding hydrogens is 224 g/mol. The molecule has 0 aliphatic rings. The standard InChI is InChI=1S/C11H8N2O4/c1-7(14)17-12-6-10-13-9-5-3-2-4-8(9)11(15)16-10/h2-6H,1H3/b12-6+. The van der Waals surface area contributed by atoms with E-state index in [1.165, 1.54) is 6.92 Å². The predicted molar refractivity (Wildman–Crippen MR) is 59.6 cm³/mol. The maximum atomic E-state index is 11.5. The summed E-state index contributed by atoms with van der Waals surface area (Å²) in [4.78, 5) is 30.3. The number of rotatable bonds is 2. The van der Waals surface area contributed by atoms with Crippen LogP contribution in [-0.2, 0) is 9.63 Å². The smallest absolute Gasteiger partial charge is 0.347 e. The second-order valence-corrected chi connectivity index (χ2v) is 3.17. The summed E-state index contributed by atoms with van der Waals surface area (Å²) in [7, 11) is 0. The lowest BCUT2D eigenvalue weighted by Crippen LogP contribution is -2.04. The first kappa shape index (κ1) is 11.0. The Morgan fingerprint density at radius 3 is 3.00 bits per heavy atom. The molecule has 17 heavy (non-hydrogen) atoms. The minimum atomic E-state index is -0.565. The molecule has 0 saturated heterocycles. The lowest BCUT2D eigenvalue weighted by atomic mass is 10.2. The highest BCUT2D eigenvalue weighted by atomic mass is 16.7. The predicted octanol–water partition coefficient (Wildman–Crippen LogP) is 1.08. The Morgan fingerprint density at radius 1 is 1.47 bits per heavy atom. The zero-order valence-electron chi connectivity index (χ0n) is 8.91. The van der Waals surface area contributed by atoms with Gasteiger partial charge in [0.05, 0.1) is 10.9 Å². The third-order valence-corrected chi connectivity index (χ3v) is 1.90. The van der Waals surface area contributed by atoms with Gasteiger partial charge in [0, 0.05) is 6.92 Å². The van der Waals surface area contributed by atoms with Crippen molar-refractivity contribution in [1.29, 1.82) is 0 Å². The molecule has 6 nitrogen and oxygen atoms in total. The minimum absolute atomic E-state index is 0.0186. The molecule has 0 fully saturated rings. The van der Waals surface area contributed by atoms with E-state index in [0.717, 1.165) is 6.21 Å². The van der Waals surface area contributed by atoms with E-state index in [-0.39, 0.29) is 5.89 Å². The van der Waals surface area contributed by atoms with E-state index in [9.17, 15) is 9.59 Å². The Labute approximate surface area is 95.5 Å². The van der Waals surface area contributed by atoms with Gasteiger partial charge < -0.3 is 9.25 Å². The van der Waals surface area contributed by atoms with Gasteiger partial charge in [0.2, 0.25) is 5.89 Å². The maximum Gasteiger partial charge on any atom is 0.347 e. The average Bonchev–Trinajstić information content (AvgIpc) is 2.28. The molecule has 0 saturated carbocycles. The van der Waals surface area contributed by atoms with Crippen molar-refractivity contribution in [3.8, 4) is 0 Å². The fourth-order valence-electron chi connectivity index (χ4n) is 1.24. The summed E-state index contributed by atoms with van der Waals surface area (Å²) in [5.41, 5.74) is -0.0205. The Hall–Kier alpha value is -2.50. The molecule has 2 rings (SSSR count). The monoisotopic (exact) mass is 232 g/mol. The van der Waals surface area contributed by atoms with Crippen molar-refractivity contribution in [3.63, 3.8) is 0 Å². The van der Waals surface area contributed by atoms with Crippen LogP contribution in [0.4, 0.5) is 0 Å². The lowest BCUT2D eigenvalue weighted by molar-refractivity contribution is -0.140. The van der Waals surface area contributed by atoms with Crippen molar-refractivity contribution < 1.29 is 14.0 Å². The summed E-state index contributed by atoms with van der Waals surface area (Å²) < 4.78 is 4.87. The molecule has 0 spiro atoms. The first-order valence-corrected chi connectivity index (χ1v) is 4.77. The van der Waals surface area contributed by atoms with Crippen molar-refractivity contribution in [1.82, 2.24) is 4.98 Å². The average molecular weight is 232 g/mol. The number of hydrogen-bond donors (Lipinski definition) is 0. The van der Waals surface area contributed by atoms with Crippen molar-refractivity contribution in [3.05, 3.63) is 40.6 Å². The normalized spacial score (nSPS) is 10.9. The Balaban J connectivity index is 2.40. The van der Waals surface area contributed by atoms with Crippen LogP contribution in [0.5, 0.6) is 0 Å². The summed E-state index contributed by atoms with van der Waals surface area (Å²) in [6.45, 7) is 1.21. The topological polar surface area (TPSA) is 81.8 Å². The third-order valence-electron chi connectivity index (χ3n) is 1.90. The minimum Gasteiger partial charge on any atom is -0.402 e. The highest BCUT2D eigenvalue weighted by Gasteiger charge is 2.03. The SMILES string of the molecule is CC(=O)O/N=C/c1nc2ccccc2c(=O)o1. The van der Waals surface area contributed by atoms with E-state index in [1.807, 2.05) is 0 Å². The number of benzene rings is 1. The summed E-state index contributed by atoms with van der Waals surface area (Å²) in [5.74, 6) is -0.584. The molecule has 0 unspecified atom stereocenters. The Bertz CT molecular complexity index is 645. The number of hydrogen-bond acceptors (Lipinski definition) is 6. The number of aromatic nitrogens is 1. The van der Waals surface area contributed by atoms with Gasteiger partial charge in [0.1, 0.15) is 6.21 Å². The second-order valence-electron chi connectivity index (χ2n) is 3.17. The van der Waals surface area contributed by atoms with E-state index in [2.05, 4.69) is 15.0 Å². The van der Waals surface area contributed by atoms with Crippen LogP contribution in [-0.4, -0.2) is 17.2 Å². The highest BCUT2D eigenvalue weighted by molar-refractivity contribution is 5.81. The van der Waals surface area contributed by atoms with Gasteiger partial charge in [0.15, 0.2) is 0 Å². The Kier molecular flexibility index (Phi) is 2.95. The molecule has 1 aromatic carbocycles. The number of carbonyl (C=O) groups excluding carboxylic acids is 1. The van der Waals surface area contributed by atoms with Gasteiger partial charge in [-0.1, -0.05) is 17.3 Å². The quantitative estimate of drug-likeness (QED) is 0.439. The van der Waals surface area contributed by atoms with Crippen molar-refractivity contribution in [2.24, 2.45) is 5.16 Å². The summed E-state index contributed by atoms with van der Waals surface area (Å²) in [6, 6.07) is 6.76. The van der Waals surface area contributed by atoms with Gasteiger partial charge in [-0.15, -0.1) is 0 Å². The van der Waals surface area contributed by atoms with Gasteiger partial charge in [0.25, 0.3) is 0 Å². The fourth-order valence-corrected chi connectivity index (χ4v) is 1.24. The van der Waals surface area contributed by atoms with Crippen LogP contribution in [0.1, 0.15) is 12.8 Å². The van der Waals surface area contributed by atoms with Gasteiger partial charge in [-0.2, -0.15) is 0 Å². The van der Waals surface area contributed by atoms with Crippen LogP contribution in [0.2, 0.25) is 0 Å². The van der Waals surface area contributed by atoms with Crippen LogP contribution < -0.4 is 5.63 Å². The molecule has 1 aromatic heterocycles. The molecule has 0 aliphatic carbocycles. The fraction of sp³-hybridized carbons (Fsp3) is 0.0909. The van der Waals surface area contributed by atoms with Gasteiger partial charge >= 0.3 is 11.6 Å². The van der Waals surface area contributed by atoms with E-state index >= 15 is 0 Å². The number of nitrogens with zero attached hydrogens (tertiary/aromatic N) is 2. The molecule has 86 valence electrons. The number of para-hydroxylation sites is 1. The number of oxime groups is 1. The Morgan fingerprint density at radius 2 is 2.24 bits per heavy atom. The van der Waals surface area contributed by atoms with Crippen LogP contribution >= 0.6 is 0 Å². The molecule has 2 aromatic rings. The van der Waals surface area contributed by atoms with E-state index < -0.39 is 11.6 Å². The molecule has 0 N–H and O–H groups in total. The molecule has 0 aliphatic heterocycles. The molecule has 0 bridgehead atoms. The van der Waals surface area contributed by atoms with Crippen LogP contribution in [0.25, 0.3) is 10.9 Å². The van der Waals surface area contributed by atoms with E-state index in [1.54, 1.807) is 24.3 Å². The second kappa shape index (κ2) is 4.56. The van der Waals surface area contributed by atoms with Gasteiger partial charge in [-0.05, 0) is 12.1 Å². The molecular formula is C11H8N2O4. The number of carbonyl (C=O) groups is 1. The largest absolute Gasteiger partial charge is 0.402 e. The molecule has 1 heterocycles. The van der Waals surface area contributed by atoms with Crippen molar-refractivity contribution in [2.75, 3.05) is 0 Å². The first-order chi connectivity index (χ1) is 8.16. The van der Waals surface area contributed by atoms with Crippen molar-refractivity contribution >= 4 is 23.1 Å². The summed E-state index contributed by atoms with van der Waals surface area (Å²) in [5, 5.41) is 3.71. The molecule has 6 heteroatoms. The van der Waals surface area contributed by atoms with E-state index in [4.69, 9.17) is 4.42 Å². The maximum absolute atomic E-state index is 11.5.